The van der Waals surface area contributed by atoms with E-state index in [1.165, 1.54) is 23.2 Å². The van der Waals surface area contributed by atoms with Crippen molar-refractivity contribution in [1.82, 2.24) is 14.9 Å². The van der Waals surface area contributed by atoms with Crippen LogP contribution < -0.4 is 4.90 Å². The number of anilines is 1. The normalized spacial score (nSPS) is 14.6. The number of Topliss-reactive ketones (excluding diaryl/α,β-unsaturated/α-hetero) is 1. The molecule has 2 aromatic heterocycles. The zero-order chi connectivity index (χ0) is 30.0. The molecule has 1 fully saturated rings. The lowest BCUT2D eigenvalue weighted by molar-refractivity contribution is -0.142. The first-order valence-corrected chi connectivity index (χ1v) is 12.8. The standard InChI is InChI=1S/C29H23F5N4O4/c30-20-8-7-19(15-21(20)31)24(40)28(41)38-12-10-37(11-13-38)23-9-6-17(16-35-23)14-22(39)25-26(29(32,33)34)36-27(42-25)18-4-2-1-3-5-18/h1-9,15-16,24,40H,10-14H2. The summed E-state index contributed by atoms with van der Waals surface area (Å²) in [4.78, 5) is 36.6. The van der Waals surface area contributed by atoms with E-state index in [2.05, 4.69) is 9.97 Å². The molecule has 2 aromatic carbocycles. The maximum atomic E-state index is 13.6. The Morgan fingerprint density at radius 1 is 0.952 bits per heavy atom. The molecule has 5 rings (SSSR count). The lowest BCUT2D eigenvalue weighted by Crippen LogP contribution is -2.50. The van der Waals surface area contributed by atoms with Gasteiger partial charge < -0.3 is 19.3 Å². The van der Waals surface area contributed by atoms with E-state index in [4.69, 9.17) is 4.42 Å². The van der Waals surface area contributed by atoms with Crippen molar-refractivity contribution in [3.8, 4) is 11.5 Å². The van der Waals surface area contributed by atoms with E-state index in [0.717, 1.165) is 18.2 Å². The third-order valence-electron chi connectivity index (χ3n) is 6.75. The number of aromatic nitrogens is 2. The van der Waals surface area contributed by atoms with E-state index in [1.54, 1.807) is 30.3 Å². The molecular weight excluding hydrogens is 563 g/mol. The number of hydrogen-bond donors (Lipinski definition) is 1. The number of halogens is 5. The topological polar surface area (TPSA) is 99.8 Å². The molecule has 4 aromatic rings. The third kappa shape index (κ3) is 6.15. The van der Waals surface area contributed by atoms with Gasteiger partial charge in [0.25, 0.3) is 5.91 Å². The average molecular weight is 587 g/mol. The van der Waals surface area contributed by atoms with E-state index < -0.39 is 53.5 Å². The third-order valence-corrected chi connectivity index (χ3v) is 6.75. The molecule has 0 bridgehead atoms. The van der Waals surface area contributed by atoms with Gasteiger partial charge in [0.15, 0.2) is 23.4 Å². The maximum Gasteiger partial charge on any atom is 0.437 e. The number of pyridine rings is 1. The van der Waals surface area contributed by atoms with E-state index in [0.29, 0.717) is 30.0 Å². The summed E-state index contributed by atoms with van der Waals surface area (Å²) in [7, 11) is 0. The maximum absolute atomic E-state index is 13.6. The number of amides is 1. The monoisotopic (exact) mass is 586 g/mol. The first-order chi connectivity index (χ1) is 20.0. The average Bonchev–Trinajstić information content (AvgIpc) is 3.46. The quantitative estimate of drug-likeness (QED) is 0.244. The van der Waals surface area contributed by atoms with Crippen LogP contribution in [-0.4, -0.2) is 57.8 Å². The number of carbonyl (C=O) groups excluding carboxylic acids is 2. The number of carbonyl (C=O) groups is 2. The second kappa shape index (κ2) is 11.7. The van der Waals surface area contributed by atoms with Gasteiger partial charge in [-0.1, -0.05) is 30.3 Å². The highest BCUT2D eigenvalue weighted by atomic mass is 19.4. The second-order valence-corrected chi connectivity index (χ2v) is 9.57. The summed E-state index contributed by atoms with van der Waals surface area (Å²) in [5.74, 6) is -4.48. The van der Waals surface area contributed by atoms with Gasteiger partial charge in [0, 0.05) is 44.4 Å². The minimum Gasteiger partial charge on any atom is -0.432 e. The number of nitrogens with zero attached hydrogens (tertiary/aromatic N) is 4. The number of hydrogen-bond acceptors (Lipinski definition) is 7. The van der Waals surface area contributed by atoms with Gasteiger partial charge >= 0.3 is 6.18 Å². The Balaban J connectivity index is 1.21. The van der Waals surface area contributed by atoms with Crippen molar-refractivity contribution in [2.75, 3.05) is 31.1 Å². The van der Waals surface area contributed by atoms with Gasteiger partial charge in [-0.2, -0.15) is 13.2 Å². The minimum atomic E-state index is -4.89. The zero-order valence-electron chi connectivity index (χ0n) is 21.8. The van der Waals surface area contributed by atoms with Crippen LogP contribution in [0.3, 0.4) is 0 Å². The summed E-state index contributed by atoms with van der Waals surface area (Å²) in [6, 6.07) is 13.9. The molecule has 218 valence electrons. The molecule has 0 spiro atoms. The van der Waals surface area contributed by atoms with E-state index >= 15 is 0 Å². The first-order valence-electron chi connectivity index (χ1n) is 12.8. The lowest BCUT2D eigenvalue weighted by Gasteiger charge is -2.36. The summed E-state index contributed by atoms with van der Waals surface area (Å²) >= 11 is 0. The van der Waals surface area contributed by atoms with Crippen molar-refractivity contribution >= 4 is 17.5 Å². The SMILES string of the molecule is O=C(Cc1ccc(N2CCN(C(=O)C(O)c3ccc(F)c(F)c3)CC2)nc1)c1oc(-c2ccccc2)nc1C(F)(F)F. The zero-order valence-corrected chi connectivity index (χ0v) is 21.8. The van der Waals surface area contributed by atoms with Gasteiger partial charge in [0.1, 0.15) is 5.82 Å². The highest BCUT2D eigenvalue weighted by Gasteiger charge is 2.41. The van der Waals surface area contributed by atoms with Crippen LogP contribution in [0.4, 0.5) is 27.8 Å². The number of aliphatic hydroxyl groups excluding tert-OH is 1. The van der Waals surface area contributed by atoms with Gasteiger partial charge in [-0.15, -0.1) is 0 Å². The van der Waals surface area contributed by atoms with Crippen LogP contribution in [-0.2, 0) is 17.4 Å². The molecule has 1 unspecified atom stereocenters. The molecule has 1 amide bonds. The van der Waals surface area contributed by atoms with Crippen LogP contribution >= 0.6 is 0 Å². The predicted molar refractivity (Wildman–Crippen MR) is 139 cm³/mol. The molecule has 3 heterocycles. The first kappa shape index (κ1) is 28.9. The molecule has 0 radical (unpaired) electrons. The molecule has 1 N–H and O–H groups in total. The number of rotatable bonds is 7. The fourth-order valence-corrected chi connectivity index (χ4v) is 4.53. The minimum absolute atomic E-state index is 0.0582. The van der Waals surface area contributed by atoms with Crippen molar-refractivity contribution in [2.24, 2.45) is 0 Å². The van der Waals surface area contributed by atoms with Gasteiger partial charge in [-0.3, -0.25) is 9.59 Å². The van der Waals surface area contributed by atoms with E-state index in [-0.39, 0.29) is 24.5 Å². The van der Waals surface area contributed by atoms with Crippen LogP contribution in [0.1, 0.15) is 33.5 Å². The van der Waals surface area contributed by atoms with E-state index in [1.807, 2.05) is 4.90 Å². The van der Waals surface area contributed by atoms with Crippen LogP contribution in [0.15, 0.2) is 71.3 Å². The predicted octanol–water partition coefficient (Wildman–Crippen LogP) is 4.84. The number of aliphatic hydroxyl groups is 1. The molecule has 0 aliphatic carbocycles. The summed E-state index contributed by atoms with van der Waals surface area (Å²) < 4.78 is 72.8. The Bertz CT molecular complexity index is 1580. The van der Waals surface area contributed by atoms with Gasteiger partial charge in [-0.05, 0) is 41.5 Å². The van der Waals surface area contributed by atoms with Crippen LogP contribution in [0.25, 0.3) is 11.5 Å². The second-order valence-electron chi connectivity index (χ2n) is 9.57. The molecule has 13 heteroatoms. The Morgan fingerprint density at radius 3 is 2.29 bits per heavy atom. The Kier molecular flexibility index (Phi) is 8.03. The Morgan fingerprint density at radius 2 is 1.67 bits per heavy atom. The summed E-state index contributed by atoms with van der Waals surface area (Å²) in [5.41, 5.74) is -0.790. The molecular formula is C29H23F5N4O4. The number of piperazine rings is 1. The fourth-order valence-electron chi connectivity index (χ4n) is 4.53. The number of alkyl halides is 3. The molecule has 42 heavy (non-hydrogen) atoms. The van der Waals surface area contributed by atoms with Gasteiger partial charge in [-0.25, -0.2) is 18.7 Å². The molecule has 1 aliphatic heterocycles. The summed E-state index contributed by atoms with van der Waals surface area (Å²) in [5, 5.41) is 10.3. The van der Waals surface area contributed by atoms with Crippen molar-refractivity contribution in [3.05, 3.63) is 101 Å². The smallest absolute Gasteiger partial charge is 0.432 e. The number of benzene rings is 2. The highest BCUT2D eigenvalue weighted by molar-refractivity contribution is 5.96. The largest absolute Gasteiger partial charge is 0.437 e. The van der Waals surface area contributed by atoms with Crippen molar-refractivity contribution in [2.45, 2.75) is 18.7 Å². The lowest BCUT2D eigenvalue weighted by atomic mass is 10.1. The van der Waals surface area contributed by atoms with Crippen molar-refractivity contribution in [3.63, 3.8) is 0 Å². The Hall–Kier alpha value is -4.65. The summed E-state index contributed by atoms with van der Waals surface area (Å²) in [6.45, 7) is 1.13. The van der Waals surface area contributed by atoms with Crippen LogP contribution in [0.2, 0.25) is 0 Å². The molecule has 1 saturated heterocycles. The molecule has 0 saturated carbocycles. The van der Waals surface area contributed by atoms with Crippen LogP contribution in [0, 0.1) is 11.6 Å². The number of oxazole rings is 1. The Labute approximate surface area is 236 Å². The van der Waals surface area contributed by atoms with E-state index in [9.17, 15) is 36.6 Å². The van der Waals surface area contributed by atoms with Crippen molar-refractivity contribution < 1.29 is 41.1 Å². The summed E-state index contributed by atoms with van der Waals surface area (Å²) in [6.07, 6.45) is -5.56. The molecule has 1 aliphatic rings. The molecule has 8 nitrogen and oxygen atoms in total. The highest BCUT2D eigenvalue weighted by Crippen LogP contribution is 2.35. The number of ketones is 1. The van der Waals surface area contributed by atoms with Crippen molar-refractivity contribution in [1.29, 1.82) is 0 Å². The fraction of sp³-hybridized carbons (Fsp3) is 0.241. The van der Waals surface area contributed by atoms with Gasteiger partial charge in [0.2, 0.25) is 17.4 Å². The molecule has 1 atom stereocenters. The van der Waals surface area contributed by atoms with Gasteiger partial charge in [0.05, 0.1) is 0 Å². The van der Waals surface area contributed by atoms with Crippen LogP contribution in [0.5, 0.6) is 0 Å².